The lowest BCUT2D eigenvalue weighted by Gasteiger charge is -2.14. The van der Waals surface area contributed by atoms with Gasteiger partial charge in [-0.25, -0.2) is 9.13 Å². The molecular weight excluding hydrogens is 452 g/mol. The Labute approximate surface area is 153 Å². The van der Waals surface area contributed by atoms with Gasteiger partial charge in [-0.1, -0.05) is 6.07 Å². The first kappa shape index (κ1) is 26.7. The van der Waals surface area contributed by atoms with Crippen LogP contribution in [0.15, 0.2) is 24.3 Å². The predicted molar refractivity (Wildman–Crippen MR) is 79.5 cm³/mol. The van der Waals surface area contributed by atoms with Crippen LogP contribution in [0.3, 0.4) is 0 Å². The molecular formula is C11H14F6O9P2. The maximum atomic E-state index is 11.4. The van der Waals surface area contributed by atoms with Crippen LogP contribution in [0.5, 0.6) is 11.5 Å². The Morgan fingerprint density at radius 3 is 1.68 bits per heavy atom. The fraction of sp³-hybridized carbons (Fsp3) is 0.455. The van der Waals surface area contributed by atoms with Crippen LogP contribution in [0.2, 0.25) is 0 Å². The summed E-state index contributed by atoms with van der Waals surface area (Å²) in [5, 5.41) is 0. The average molecular weight is 466 g/mol. The van der Waals surface area contributed by atoms with Gasteiger partial charge in [0, 0.05) is 6.07 Å². The summed E-state index contributed by atoms with van der Waals surface area (Å²) in [6.07, 6.45) is -9.86. The molecule has 0 fully saturated rings. The van der Waals surface area contributed by atoms with E-state index in [9.17, 15) is 35.5 Å². The molecule has 0 atom stereocenters. The van der Waals surface area contributed by atoms with Crippen molar-refractivity contribution in [3.05, 3.63) is 24.3 Å². The van der Waals surface area contributed by atoms with Gasteiger partial charge in [-0.3, -0.25) is 18.8 Å². The Morgan fingerprint density at radius 2 is 1.32 bits per heavy atom. The van der Waals surface area contributed by atoms with Crippen LogP contribution >= 0.6 is 15.6 Å². The normalized spacial score (nSPS) is 12.8. The Morgan fingerprint density at radius 1 is 0.893 bits per heavy atom. The highest BCUT2D eigenvalue weighted by molar-refractivity contribution is 7.47. The minimum atomic E-state index is -5.33. The molecule has 0 saturated carbocycles. The highest BCUT2D eigenvalue weighted by atomic mass is 31.2. The lowest BCUT2D eigenvalue weighted by molar-refractivity contribution is -0.169. The second kappa shape index (κ2) is 10.4. The molecule has 1 aromatic carbocycles. The van der Waals surface area contributed by atoms with Gasteiger partial charge in [0.05, 0.1) is 7.11 Å². The summed E-state index contributed by atoms with van der Waals surface area (Å²) >= 11 is 0. The number of phosphoric ester groups is 2. The molecule has 9 nitrogen and oxygen atoms in total. The number of hydrogen-bond donors (Lipinski definition) is 3. The molecule has 0 aliphatic heterocycles. The number of rotatable bonds is 7. The molecule has 0 saturated heterocycles. The second-order valence-corrected chi connectivity index (χ2v) is 7.12. The molecule has 0 aliphatic carbocycles. The largest absolute Gasteiger partial charge is 0.524 e. The molecule has 0 spiro atoms. The molecule has 0 bridgehead atoms. The van der Waals surface area contributed by atoms with Crippen molar-refractivity contribution in [2.24, 2.45) is 0 Å². The SMILES string of the molecule is COc1cccc(OP(=O)(O)O)c1.O=P(O)(OCC(F)(F)F)OCC(F)(F)F. The molecule has 1 aromatic rings. The molecule has 17 heteroatoms. The monoisotopic (exact) mass is 466 g/mol. The first-order valence-electron chi connectivity index (χ1n) is 6.57. The van der Waals surface area contributed by atoms with Crippen LogP contribution in [0.4, 0.5) is 26.3 Å². The van der Waals surface area contributed by atoms with E-state index in [1.54, 1.807) is 12.1 Å². The van der Waals surface area contributed by atoms with Crippen LogP contribution in [0, 0.1) is 0 Å². The summed E-state index contributed by atoms with van der Waals surface area (Å²) in [4.78, 5) is 25.3. The third kappa shape index (κ3) is 15.7. The van der Waals surface area contributed by atoms with Crippen molar-refractivity contribution >= 4 is 15.6 Å². The third-order valence-electron chi connectivity index (χ3n) is 2.05. The number of alkyl halides is 6. The van der Waals surface area contributed by atoms with E-state index in [1.807, 2.05) is 0 Å². The molecule has 0 amide bonds. The summed E-state index contributed by atoms with van der Waals surface area (Å²) in [5.41, 5.74) is 0. The summed E-state index contributed by atoms with van der Waals surface area (Å²) < 4.78 is 105. The molecule has 0 aliphatic rings. The van der Waals surface area contributed by atoms with Gasteiger partial charge in [0.2, 0.25) is 0 Å². The maximum absolute atomic E-state index is 11.4. The van der Waals surface area contributed by atoms with Crippen molar-refractivity contribution in [2.75, 3.05) is 20.3 Å². The molecule has 3 N–H and O–H groups in total. The van der Waals surface area contributed by atoms with Crippen molar-refractivity contribution in [1.29, 1.82) is 0 Å². The highest BCUT2D eigenvalue weighted by Crippen LogP contribution is 2.45. The second-order valence-electron chi connectivity index (χ2n) is 4.51. The first-order chi connectivity index (χ1) is 12.4. The molecule has 28 heavy (non-hydrogen) atoms. The number of hydrogen-bond acceptors (Lipinski definition) is 6. The van der Waals surface area contributed by atoms with Gasteiger partial charge in [0.25, 0.3) is 0 Å². The Kier molecular flexibility index (Phi) is 9.94. The molecule has 164 valence electrons. The number of phosphoric acid groups is 2. The highest BCUT2D eigenvalue weighted by Gasteiger charge is 2.37. The Bertz CT molecular complexity index is 681. The maximum Gasteiger partial charge on any atom is 0.524 e. The molecule has 0 aromatic heterocycles. The quantitative estimate of drug-likeness (QED) is 0.409. The van der Waals surface area contributed by atoms with E-state index in [0.29, 0.717) is 5.75 Å². The predicted octanol–water partition coefficient (Wildman–Crippen LogP) is 3.41. The van der Waals surface area contributed by atoms with Crippen molar-refractivity contribution in [3.63, 3.8) is 0 Å². The summed E-state index contributed by atoms with van der Waals surface area (Å²) in [6, 6.07) is 6.04. The van der Waals surface area contributed by atoms with Crippen LogP contribution in [0.25, 0.3) is 0 Å². The zero-order valence-electron chi connectivity index (χ0n) is 13.7. The van der Waals surface area contributed by atoms with Crippen molar-refractivity contribution < 1.29 is 68.5 Å². The van der Waals surface area contributed by atoms with Gasteiger partial charge in [-0.05, 0) is 12.1 Å². The topological polar surface area (TPSA) is 132 Å². The van der Waals surface area contributed by atoms with Crippen molar-refractivity contribution in [2.45, 2.75) is 12.4 Å². The number of ether oxygens (including phenoxy) is 1. The Hall–Kier alpha value is -1.34. The molecule has 0 radical (unpaired) electrons. The van der Waals surface area contributed by atoms with Gasteiger partial charge < -0.3 is 14.2 Å². The van der Waals surface area contributed by atoms with E-state index in [1.165, 1.54) is 19.2 Å². The molecule has 0 heterocycles. The Balaban J connectivity index is 0.000000525. The summed E-state index contributed by atoms with van der Waals surface area (Å²) in [6.45, 7) is -4.34. The number of halogens is 6. The van der Waals surface area contributed by atoms with E-state index in [-0.39, 0.29) is 5.75 Å². The van der Waals surface area contributed by atoms with E-state index in [4.69, 9.17) is 19.4 Å². The van der Waals surface area contributed by atoms with E-state index in [2.05, 4.69) is 13.6 Å². The zero-order chi connectivity index (χ0) is 22.2. The summed E-state index contributed by atoms with van der Waals surface area (Å²) in [5.74, 6) is 0.554. The molecule has 0 unspecified atom stereocenters. The first-order valence-corrected chi connectivity index (χ1v) is 9.59. The van der Waals surface area contributed by atoms with Crippen LogP contribution < -0.4 is 9.26 Å². The lowest BCUT2D eigenvalue weighted by Crippen LogP contribution is -2.19. The van der Waals surface area contributed by atoms with E-state index in [0.717, 1.165) is 0 Å². The zero-order valence-corrected chi connectivity index (χ0v) is 15.5. The van der Waals surface area contributed by atoms with Gasteiger partial charge in [-0.15, -0.1) is 0 Å². The lowest BCUT2D eigenvalue weighted by atomic mass is 10.3. The van der Waals surface area contributed by atoms with Crippen molar-refractivity contribution in [1.82, 2.24) is 0 Å². The van der Waals surface area contributed by atoms with E-state index >= 15 is 0 Å². The summed E-state index contributed by atoms with van der Waals surface area (Å²) in [7, 11) is -8.34. The van der Waals surface area contributed by atoms with Gasteiger partial charge >= 0.3 is 28.0 Å². The van der Waals surface area contributed by atoms with Gasteiger partial charge in [0.1, 0.15) is 11.5 Å². The van der Waals surface area contributed by atoms with Crippen LogP contribution in [-0.4, -0.2) is 47.4 Å². The fourth-order valence-corrected chi connectivity index (χ4v) is 2.22. The minimum Gasteiger partial charge on any atom is -0.497 e. The van der Waals surface area contributed by atoms with Gasteiger partial charge in [0.15, 0.2) is 13.2 Å². The van der Waals surface area contributed by atoms with Gasteiger partial charge in [-0.2, -0.15) is 26.3 Å². The average Bonchev–Trinajstić information content (AvgIpc) is 2.49. The smallest absolute Gasteiger partial charge is 0.497 e. The van der Waals surface area contributed by atoms with Crippen LogP contribution in [-0.2, 0) is 18.2 Å². The molecule has 1 rings (SSSR count). The third-order valence-corrected chi connectivity index (χ3v) is 3.41. The minimum absolute atomic E-state index is 0.0766. The number of benzene rings is 1. The fourth-order valence-electron chi connectivity index (χ4n) is 1.14. The van der Waals surface area contributed by atoms with E-state index < -0.39 is 41.2 Å². The number of methoxy groups -OCH3 is 1. The van der Waals surface area contributed by atoms with Crippen LogP contribution in [0.1, 0.15) is 0 Å². The van der Waals surface area contributed by atoms with Crippen molar-refractivity contribution in [3.8, 4) is 11.5 Å². The standard InChI is InChI=1S/C7H9O5P.C4H5F6O4P/c1-11-6-3-2-4-7(5-6)12-13(8,9)10;5-3(6,7)1-13-15(11,12)14-2-4(8,9)10/h2-5H,1H3,(H2,8,9,10);1-2H2,(H,11,12).